The van der Waals surface area contributed by atoms with Gasteiger partial charge in [0.2, 0.25) is 0 Å². The molecule has 1 aromatic heterocycles. The van der Waals surface area contributed by atoms with E-state index in [4.69, 9.17) is 16.3 Å². The molecule has 0 radical (unpaired) electrons. The van der Waals surface area contributed by atoms with Crippen molar-refractivity contribution in [1.29, 1.82) is 0 Å². The second kappa shape index (κ2) is 4.85. The molecule has 1 atom stereocenters. The van der Waals surface area contributed by atoms with E-state index < -0.39 is 0 Å². The first kappa shape index (κ1) is 11.4. The van der Waals surface area contributed by atoms with E-state index >= 15 is 0 Å². The Balaban J connectivity index is 2.47. The van der Waals surface area contributed by atoms with Crippen molar-refractivity contribution >= 4 is 22.6 Å². The molecule has 0 saturated heterocycles. The molecule has 1 unspecified atom stereocenters. The molecule has 0 bridgehead atoms. The molecule has 16 heavy (non-hydrogen) atoms. The minimum Gasteiger partial charge on any atom is -0.374 e. The van der Waals surface area contributed by atoms with Gasteiger partial charge in [0.15, 0.2) is 0 Å². The Morgan fingerprint density at radius 3 is 3.00 bits per heavy atom. The Morgan fingerprint density at radius 2 is 2.31 bits per heavy atom. The molecular formula is C12H15ClN2O. The summed E-state index contributed by atoms with van der Waals surface area (Å²) >= 11 is 5.77. The Hall–Kier alpha value is -1.06. The molecule has 1 aromatic carbocycles. The molecule has 0 aliphatic rings. The summed E-state index contributed by atoms with van der Waals surface area (Å²) in [5, 5.41) is 0. The van der Waals surface area contributed by atoms with Crippen molar-refractivity contribution in [2.24, 2.45) is 0 Å². The molecule has 2 rings (SSSR count). The summed E-state index contributed by atoms with van der Waals surface area (Å²) in [6.07, 6.45) is 0.0557. The monoisotopic (exact) mass is 238 g/mol. The highest BCUT2D eigenvalue weighted by Crippen LogP contribution is 2.25. The highest BCUT2D eigenvalue weighted by atomic mass is 35.5. The number of aromatic nitrogens is 2. The number of H-pyrrole nitrogens is 1. The molecule has 1 N–H and O–H groups in total. The molecule has 3 nitrogen and oxygen atoms in total. The molecule has 0 amide bonds. The summed E-state index contributed by atoms with van der Waals surface area (Å²) in [5.74, 6) is 1.20. The number of fused-ring (bicyclic) bond motifs is 1. The Bertz CT molecular complexity index is 481. The number of benzene rings is 1. The Labute approximate surface area is 99.8 Å². The summed E-state index contributed by atoms with van der Waals surface area (Å²) in [4.78, 5) is 7.65. The van der Waals surface area contributed by atoms with Crippen LogP contribution in [0.25, 0.3) is 11.0 Å². The van der Waals surface area contributed by atoms with E-state index in [0.29, 0.717) is 12.5 Å². The molecule has 4 heteroatoms. The molecule has 86 valence electrons. The first-order chi connectivity index (χ1) is 7.76. The van der Waals surface area contributed by atoms with Crippen molar-refractivity contribution in [2.75, 3.05) is 6.61 Å². The van der Waals surface area contributed by atoms with Crippen LogP contribution in [0.1, 0.15) is 31.3 Å². The van der Waals surface area contributed by atoms with Gasteiger partial charge in [-0.15, -0.1) is 11.6 Å². The van der Waals surface area contributed by atoms with Gasteiger partial charge in [0.05, 0.1) is 23.0 Å². The van der Waals surface area contributed by atoms with Crippen LogP contribution < -0.4 is 0 Å². The summed E-state index contributed by atoms with van der Waals surface area (Å²) in [6.45, 7) is 4.73. The van der Waals surface area contributed by atoms with Crippen LogP contribution in [0.4, 0.5) is 0 Å². The van der Waals surface area contributed by atoms with Crippen LogP contribution in [0.2, 0.25) is 0 Å². The second-order valence-electron chi connectivity index (χ2n) is 3.66. The van der Waals surface area contributed by atoms with Crippen LogP contribution in [-0.4, -0.2) is 16.6 Å². The number of alkyl halides is 1. The van der Waals surface area contributed by atoms with Gasteiger partial charge < -0.3 is 9.72 Å². The van der Waals surface area contributed by atoms with Crippen molar-refractivity contribution in [2.45, 2.75) is 25.8 Å². The lowest BCUT2D eigenvalue weighted by atomic mass is 10.1. The van der Waals surface area contributed by atoms with Crippen LogP contribution in [0.3, 0.4) is 0 Å². The smallest absolute Gasteiger partial charge is 0.122 e. The first-order valence-electron chi connectivity index (χ1n) is 5.41. The first-order valence-corrected chi connectivity index (χ1v) is 5.94. The van der Waals surface area contributed by atoms with Crippen molar-refractivity contribution in [1.82, 2.24) is 9.97 Å². The van der Waals surface area contributed by atoms with E-state index in [1.165, 1.54) is 0 Å². The molecular weight excluding hydrogens is 224 g/mol. The third kappa shape index (κ3) is 2.06. The highest BCUT2D eigenvalue weighted by molar-refractivity contribution is 6.16. The van der Waals surface area contributed by atoms with Crippen molar-refractivity contribution in [3.05, 3.63) is 29.6 Å². The maximum atomic E-state index is 5.77. The fourth-order valence-electron chi connectivity index (χ4n) is 1.84. The summed E-state index contributed by atoms with van der Waals surface area (Å²) in [5.41, 5.74) is 3.07. The lowest BCUT2D eigenvalue weighted by molar-refractivity contribution is 0.0773. The molecule has 0 fully saturated rings. The number of halogens is 1. The zero-order valence-electron chi connectivity index (χ0n) is 9.46. The van der Waals surface area contributed by atoms with Gasteiger partial charge in [0, 0.05) is 12.2 Å². The predicted molar refractivity (Wildman–Crippen MR) is 65.7 cm³/mol. The van der Waals surface area contributed by atoms with Gasteiger partial charge in [0.1, 0.15) is 5.82 Å². The van der Waals surface area contributed by atoms with Crippen LogP contribution in [0.15, 0.2) is 18.2 Å². The van der Waals surface area contributed by atoms with Crippen molar-refractivity contribution in [3.63, 3.8) is 0 Å². The van der Waals surface area contributed by atoms with E-state index in [-0.39, 0.29) is 6.10 Å². The zero-order valence-corrected chi connectivity index (χ0v) is 10.2. The molecule has 2 aromatic rings. The summed E-state index contributed by atoms with van der Waals surface area (Å²) in [7, 11) is 0. The number of ether oxygens (including phenoxy) is 1. The van der Waals surface area contributed by atoms with Gasteiger partial charge in [-0.05, 0) is 19.9 Å². The van der Waals surface area contributed by atoms with Crippen molar-refractivity contribution in [3.8, 4) is 0 Å². The molecule has 0 aliphatic heterocycles. The van der Waals surface area contributed by atoms with Crippen LogP contribution >= 0.6 is 11.6 Å². The maximum absolute atomic E-state index is 5.77. The van der Waals surface area contributed by atoms with Gasteiger partial charge >= 0.3 is 0 Å². The van der Waals surface area contributed by atoms with Crippen LogP contribution in [-0.2, 0) is 10.6 Å². The van der Waals surface area contributed by atoms with Gasteiger partial charge in [-0.25, -0.2) is 4.98 Å². The average Bonchev–Trinajstić information content (AvgIpc) is 2.71. The van der Waals surface area contributed by atoms with Gasteiger partial charge in [-0.1, -0.05) is 12.1 Å². The van der Waals surface area contributed by atoms with Gasteiger partial charge in [-0.3, -0.25) is 0 Å². The molecule has 0 saturated carbocycles. The molecule has 1 heterocycles. The third-order valence-corrected chi connectivity index (χ3v) is 2.83. The normalized spacial score (nSPS) is 13.2. The molecule has 0 spiro atoms. The third-order valence-electron chi connectivity index (χ3n) is 2.57. The number of hydrogen-bond donors (Lipinski definition) is 1. The number of nitrogens with one attached hydrogen (secondary N) is 1. The van der Waals surface area contributed by atoms with Gasteiger partial charge in [0.25, 0.3) is 0 Å². The second-order valence-corrected chi connectivity index (χ2v) is 3.93. The molecule has 0 aliphatic carbocycles. The lowest BCUT2D eigenvalue weighted by Crippen LogP contribution is -2.00. The van der Waals surface area contributed by atoms with E-state index in [9.17, 15) is 0 Å². The standard InChI is InChI=1S/C12H15ClN2O/c1-3-16-8(2)9-5-4-6-10-12(9)15-11(7-13)14-10/h4-6,8H,3,7H2,1-2H3,(H,14,15). The number of nitrogens with zero attached hydrogens (tertiary/aromatic N) is 1. The number of hydrogen-bond acceptors (Lipinski definition) is 2. The fourth-order valence-corrected chi connectivity index (χ4v) is 1.96. The quantitative estimate of drug-likeness (QED) is 0.829. The maximum Gasteiger partial charge on any atom is 0.122 e. The van der Waals surface area contributed by atoms with Crippen molar-refractivity contribution < 1.29 is 4.74 Å². The lowest BCUT2D eigenvalue weighted by Gasteiger charge is -2.11. The minimum absolute atomic E-state index is 0.0557. The summed E-state index contributed by atoms with van der Waals surface area (Å²) < 4.78 is 5.59. The predicted octanol–water partition coefficient (Wildman–Crippen LogP) is 3.40. The topological polar surface area (TPSA) is 37.9 Å². The zero-order chi connectivity index (χ0) is 11.5. The Kier molecular flexibility index (Phi) is 3.46. The SMILES string of the molecule is CCOC(C)c1cccc2[nH]c(CCl)nc12. The largest absolute Gasteiger partial charge is 0.374 e. The van der Waals surface area contributed by atoms with Gasteiger partial charge in [-0.2, -0.15) is 0 Å². The number of para-hydroxylation sites is 1. The minimum atomic E-state index is 0.0557. The van der Waals surface area contributed by atoms with E-state index in [0.717, 1.165) is 22.4 Å². The van der Waals surface area contributed by atoms with E-state index in [1.807, 2.05) is 32.0 Å². The number of imidazole rings is 1. The van der Waals surface area contributed by atoms with Crippen LogP contribution in [0.5, 0.6) is 0 Å². The summed E-state index contributed by atoms with van der Waals surface area (Å²) in [6, 6.07) is 6.05. The average molecular weight is 239 g/mol. The number of aromatic amines is 1. The fraction of sp³-hybridized carbons (Fsp3) is 0.417. The van der Waals surface area contributed by atoms with Crippen LogP contribution in [0, 0.1) is 0 Å². The number of rotatable bonds is 4. The Morgan fingerprint density at radius 1 is 1.50 bits per heavy atom. The highest BCUT2D eigenvalue weighted by Gasteiger charge is 2.12. The van der Waals surface area contributed by atoms with E-state index in [2.05, 4.69) is 9.97 Å². The van der Waals surface area contributed by atoms with E-state index in [1.54, 1.807) is 0 Å².